The van der Waals surface area contributed by atoms with Gasteiger partial charge in [0.1, 0.15) is 14.4 Å². The van der Waals surface area contributed by atoms with Crippen molar-refractivity contribution in [2.75, 3.05) is 0 Å². The molecule has 0 saturated heterocycles. The van der Waals surface area contributed by atoms with Crippen molar-refractivity contribution in [1.82, 2.24) is 9.36 Å². The molecule has 2 nitrogen and oxygen atoms in total. The van der Waals surface area contributed by atoms with E-state index in [0.717, 1.165) is 0 Å². The zero-order chi connectivity index (χ0) is 6.91. The van der Waals surface area contributed by atoms with Crippen LogP contribution in [0.1, 0.15) is 0 Å². The molecule has 1 aromatic rings. The first-order chi connectivity index (χ1) is 4.11. The Labute approximate surface area is 60.1 Å². The van der Waals surface area contributed by atoms with Gasteiger partial charge in [-0.25, -0.2) is 4.98 Å². The topological polar surface area (TPSA) is 25.8 Å². The third kappa shape index (κ3) is 1.59. The number of hydrogen-bond acceptors (Lipinski definition) is 3. The molecule has 1 aromatic heterocycles. The van der Waals surface area contributed by atoms with Gasteiger partial charge in [-0.1, -0.05) is 19.6 Å². The molecule has 50 valence electrons. The van der Waals surface area contributed by atoms with E-state index in [4.69, 9.17) is 0 Å². The number of aromatic nitrogens is 2. The average Bonchev–Trinajstić information content (AvgIpc) is 2.08. The first-order valence-electron chi connectivity index (χ1n) is 2.88. The second-order valence-electron chi connectivity index (χ2n) is 3.00. The largest absolute Gasteiger partial charge is 0.233 e. The SMILES string of the molecule is C[Si](C)(C)c1ncns1. The third-order valence-corrected chi connectivity index (χ3v) is 5.00. The molecule has 0 N–H and O–H groups in total. The highest BCUT2D eigenvalue weighted by Gasteiger charge is 2.19. The summed E-state index contributed by atoms with van der Waals surface area (Å²) in [5, 5.41) is 0. The Morgan fingerprint density at radius 3 is 2.33 bits per heavy atom. The van der Waals surface area contributed by atoms with Crippen LogP contribution in [0.4, 0.5) is 0 Å². The van der Waals surface area contributed by atoms with Crippen LogP contribution in [0.3, 0.4) is 0 Å². The van der Waals surface area contributed by atoms with Crippen molar-refractivity contribution in [3.05, 3.63) is 6.33 Å². The molecule has 0 amide bonds. The van der Waals surface area contributed by atoms with E-state index in [1.165, 1.54) is 16.2 Å². The van der Waals surface area contributed by atoms with Gasteiger partial charge >= 0.3 is 0 Å². The zero-order valence-electron chi connectivity index (χ0n) is 5.88. The summed E-state index contributed by atoms with van der Waals surface area (Å²) in [4.78, 5) is 4.16. The van der Waals surface area contributed by atoms with E-state index < -0.39 is 8.07 Å². The highest BCUT2D eigenvalue weighted by atomic mass is 32.1. The lowest BCUT2D eigenvalue weighted by Gasteiger charge is -2.08. The Hall–Kier alpha value is -0.223. The van der Waals surface area contributed by atoms with Gasteiger partial charge in [0.15, 0.2) is 0 Å². The fourth-order valence-corrected chi connectivity index (χ4v) is 2.49. The van der Waals surface area contributed by atoms with Crippen LogP contribution in [0, 0.1) is 0 Å². The molecule has 1 heterocycles. The minimum Gasteiger partial charge on any atom is -0.233 e. The zero-order valence-corrected chi connectivity index (χ0v) is 7.70. The van der Waals surface area contributed by atoms with Crippen molar-refractivity contribution in [1.29, 1.82) is 0 Å². The standard InChI is InChI=1S/C5H10N2SSi/c1-9(2,3)5-6-4-7-8-5/h4H,1-3H3. The maximum Gasteiger partial charge on any atom is 0.129 e. The molecule has 4 heteroatoms. The number of rotatable bonds is 1. The predicted molar refractivity (Wildman–Crippen MR) is 42.9 cm³/mol. The normalized spacial score (nSPS) is 11.9. The van der Waals surface area contributed by atoms with Crippen molar-refractivity contribution < 1.29 is 0 Å². The fourth-order valence-electron chi connectivity index (χ4n) is 0.504. The molecule has 0 atom stereocenters. The van der Waals surface area contributed by atoms with Gasteiger partial charge in [-0.15, -0.1) is 0 Å². The van der Waals surface area contributed by atoms with Gasteiger partial charge < -0.3 is 0 Å². The van der Waals surface area contributed by atoms with Gasteiger partial charge in [0, 0.05) is 0 Å². The molecule has 1 rings (SSSR count). The van der Waals surface area contributed by atoms with E-state index in [1.807, 2.05) is 0 Å². The molecule has 0 aliphatic carbocycles. The van der Waals surface area contributed by atoms with E-state index in [-0.39, 0.29) is 0 Å². The minimum atomic E-state index is -1.14. The molecule has 0 unspecified atom stereocenters. The van der Waals surface area contributed by atoms with Crippen LogP contribution < -0.4 is 4.63 Å². The summed E-state index contributed by atoms with van der Waals surface area (Å²) in [7, 11) is -1.14. The van der Waals surface area contributed by atoms with Gasteiger partial charge in [-0.05, 0) is 11.5 Å². The first-order valence-corrected chi connectivity index (χ1v) is 7.15. The fraction of sp³-hybridized carbons (Fsp3) is 0.600. The van der Waals surface area contributed by atoms with Crippen molar-refractivity contribution in [3.63, 3.8) is 0 Å². The van der Waals surface area contributed by atoms with Crippen LogP contribution in [0.15, 0.2) is 6.33 Å². The van der Waals surface area contributed by atoms with Crippen LogP contribution in [-0.2, 0) is 0 Å². The smallest absolute Gasteiger partial charge is 0.129 e. The number of hydrogen-bond donors (Lipinski definition) is 0. The molecule has 0 aliphatic heterocycles. The van der Waals surface area contributed by atoms with Crippen LogP contribution >= 0.6 is 11.5 Å². The maximum atomic E-state index is 4.16. The third-order valence-electron chi connectivity index (χ3n) is 1.00. The Bertz CT molecular complexity index is 177. The minimum absolute atomic E-state index is 1.14. The maximum absolute atomic E-state index is 4.16. The van der Waals surface area contributed by atoms with E-state index in [2.05, 4.69) is 29.0 Å². The monoisotopic (exact) mass is 158 g/mol. The lowest BCUT2D eigenvalue weighted by Crippen LogP contribution is -2.36. The van der Waals surface area contributed by atoms with Gasteiger partial charge in [-0.3, -0.25) is 0 Å². The molecule has 0 bridgehead atoms. The van der Waals surface area contributed by atoms with Crippen molar-refractivity contribution in [2.45, 2.75) is 19.6 Å². The van der Waals surface area contributed by atoms with E-state index in [1.54, 1.807) is 6.33 Å². The highest BCUT2D eigenvalue weighted by molar-refractivity contribution is 7.21. The van der Waals surface area contributed by atoms with Crippen LogP contribution in [-0.4, -0.2) is 17.4 Å². The molecule has 0 radical (unpaired) electrons. The van der Waals surface area contributed by atoms with E-state index in [9.17, 15) is 0 Å². The van der Waals surface area contributed by atoms with Gasteiger partial charge in [0.25, 0.3) is 0 Å². The van der Waals surface area contributed by atoms with Crippen molar-refractivity contribution in [3.8, 4) is 0 Å². The van der Waals surface area contributed by atoms with Gasteiger partial charge in [-0.2, -0.15) is 4.37 Å². The highest BCUT2D eigenvalue weighted by Crippen LogP contribution is 2.00. The quantitative estimate of drug-likeness (QED) is 0.572. The van der Waals surface area contributed by atoms with E-state index in [0.29, 0.717) is 0 Å². The summed E-state index contributed by atoms with van der Waals surface area (Å²) in [5.41, 5.74) is 0. The Morgan fingerprint density at radius 1 is 1.44 bits per heavy atom. The average molecular weight is 158 g/mol. The molecule has 0 saturated carbocycles. The first kappa shape index (κ1) is 6.89. The van der Waals surface area contributed by atoms with Crippen molar-refractivity contribution >= 4 is 24.2 Å². The van der Waals surface area contributed by atoms with Crippen LogP contribution in [0.2, 0.25) is 19.6 Å². The second kappa shape index (κ2) is 2.19. The summed E-state index contributed by atoms with van der Waals surface area (Å²) in [6.07, 6.45) is 1.64. The summed E-state index contributed by atoms with van der Waals surface area (Å²) >= 11 is 1.53. The molecular formula is C5H10N2SSi. The second-order valence-corrected chi connectivity index (χ2v) is 9.11. The number of nitrogens with zero attached hydrogens (tertiary/aromatic N) is 2. The van der Waals surface area contributed by atoms with Crippen molar-refractivity contribution in [2.24, 2.45) is 0 Å². The summed E-state index contributed by atoms with van der Waals surface area (Å²) < 4.78 is 5.19. The summed E-state index contributed by atoms with van der Waals surface area (Å²) in [5.74, 6) is 0. The molecule has 0 fully saturated rings. The summed E-state index contributed by atoms with van der Waals surface area (Å²) in [6, 6.07) is 0. The molecule has 0 aliphatic rings. The summed E-state index contributed by atoms with van der Waals surface area (Å²) in [6.45, 7) is 6.81. The van der Waals surface area contributed by atoms with E-state index >= 15 is 0 Å². The van der Waals surface area contributed by atoms with Gasteiger partial charge in [0.2, 0.25) is 0 Å². The molecular weight excluding hydrogens is 148 g/mol. The van der Waals surface area contributed by atoms with Crippen LogP contribution in [0.25, 0.3) is 0 Å². The lowest BCUT2D eigenvalue weighted by molar-refractivity contribution is 1.35. The van der Waals surface area contributed by atoms with Gasteiger partial charge in [0.05, 0.1) is 4.63 Å². The Morgan fingerprint density at radius 2 is 2.11 bits per heavy atom. The lowest BCUT2D eigenvalue weighted by atomic mass is 11.3. The molecule has 0 spiro atoms. The molecule has 9 heavy (non-hydrogen) atoms. The van der Waals surface area contributed by atoms with Crippen LogP contribution in [0.5, 0.6) is 0 Å². The Kier molecular flexibility index (Phi) is 1.68. The predicted octanol–water partition coefficient (Wildman–Crippen LogP) is 1.08. The Balaban J connectivity index is 2.90. The molecule has 0 aromatic carbocycles.